The summed E-state index contributed by atoms with van der Waals surface area (Å²) in [5.74, 6) is 0.483. The fraction of sp³-hybridized carbons (Fsp3) is 0.435. The molecule has 0 bridgehead atoms. The van der Waals surface area contributed by atoms with E-state index in [-0.39, 0.29) is 17.4 Å². The molecule has 0 aromatic heterocycles. The van der Waals surface area contributed by atoms with E-state index < -0.39 is 4.25 Å². The van der Waals surface area contributed by atoms with Gasteiger partial charge in [0.1, 0.15) is 0 Å². The van der Waals surface area contributed by atoms with Gasteiger partial charge in [0.2, 0.25) is 0 Å². The molecule has 0 spiro atoms. The average molecular weight is 497 g/mol. The van der Waals surface area contributed by atoms with Crippen LogP contribution in [-0.2, 0) is 4.79 Å². The van der Waals surface area contributed by atoms with Crippen LogP contribution in [0.4, 0.5) is 0 Å². The van der Waals surface area contributed by atoms with Gasteiger partial charge in [0, 0.05) is 0 Å². The van der Waals surface area contributed by atoms with Crippen molar-refractivity contribution < 1.29 is 4.79 Å². The van der Waals surface area contributed by atoms with E-state index in [1.807, 2.05) is 20.8 Å². The maximum absolute atomic E-state index is 12.7. The van der Waals surface area contributed by atoms with Crippen LogP contribution in [0.1, 0.15) is 34.6 Å². The second kappa shape index (κ2) is 8.21. The first-order chi connectivity index (χ1) is 12.4. The van der Waals surface area contributed by atoms with Crippen molar-refractivity contribution in [3.05, 3.63) is 60.7 Å². The fourth-order valence-electron chi connectivity index (χ4n) is 3.26. The van der Waals surface area contributed by atoms with Crippen LogP contribution in [0.2, 0.25) is 0 Å². The number of rotatable bonds is 6. The summed E-state index contributed by atoms with van der Waals surface area (Å²) in [4.78, 5) is 12.7. The summed E-state index contributed by atoms with van der Waals surface area (Å²) >= 11 is 2.74. The van der Waals surface area contributed by atoms with Crippen molar-refractivity contribution in [2.24, 2.45) is 11.3 Å². The standard InChI is InChI=1S/C23H33INOP/c1-18(2)21(25-22(26)23(3,4)5)17-27(6,24,19-13-9-7-10-14-19)20-15-11-8-12-16-20/h7-16,18,21H,17H2,1-6H3,(H,25,26)/t21-/m1/s1. The van der Waals surface area contributed by atoms with Crippen molar-refractivity contribution in [2.75, 3.05) is 12.8 Å². The van der Waals surface area contributed by atoms with Gasteiger partial charge in [0.15, 0.2) is 0 Å². The molecule has 0 unspecified atom stereocenters. The first kappa shape index (κ1) is 22.4. The molecule has 148 valence electrons. The van der Waals surface area contributed by atoms with Crippen LogP contribution >= 0.6 is 26.3 Å². The molecule has 0 aliphatic carbocycles. The van der Waals surface area contributed by atoms with Gasteiger partial charge in [-0.1, -0.05) is 0 Å². The summed E-state index contributed by atoms with van der Waals surface area (Å²) in [5, 5.41) is 6.13. The van der Waals surface area contributed by atoms with Crippen LogP contribution in [0.5, 0.6) is 0 Å². The van der Waals surface area contributed by atoms with E-state index in [9.17, 15) is 4.79 Å². The van der Waals surface area contributed by atoms with Crippen molar-refractivity contribution in [1.29, 1.82) is 0 Å². The average Bonchev–Trinajstić information content (AvgIpc) is 2.62. The Morgan fingerprint density at radius 3 is 1.70 bits per heavy atom. The van der Waals surface area contributed by atoms with Gasteiger partial charge < -0.3 is 0 Å². The molecule has 0 saturated carbocycles. The van der Waals surface area contributed by atoms with Gasteiger partial charge >= 0.3 is 178 Å². The summed E-state index contributed by atoms with van der Waals surface area (Å²) in [7, 11) is 0. The van der Waals surface area contributed by atoms with Gasteiger partial charge in [0.25, 0.3) is 0 Å². The van der Waals surface area contributed by atoms with E-state index >= 15 is 0 Å². The number of amides is 1. The molecule has 4 heteroatoms. The van der Waals surface area contributed by atoms with Crippen LogP contribution in [0.25, 0.3) is 0 Å². The molecule has 27 heavy (non-hydrogen) atoms. The van der Waals surface area contributed by atoms with E-state index in [4.69, 9.17) is 0 Å². The number of carbonyl (C=O) groups excluding carboxylic acids is 1. The van der Waals surface area contributed by atoms with E-state index in [2.05, 4.69) is 109 Å². The maximum atomic E-state index is 12.7. The number of hydrogen-bond donors (Lipinski definition) is 1. The molecular weight excluding hydrogens is 464 g/mol. The topological polar surface area (TPSA) is 29.1 Å². The van der Waals surface area contributed by atoms with Gasteiger partial charge in [-0.2, -0.15) is 0 Å². The quantitative estimate of drug-likeness (QED) is 0.423. The van der Waals surface area contributed by atoms with Crippen molar-refractivity contribution in [2.45, 2.75) is 40.7 Å². The summed E-state index contributed by atoms with van der Waals surface area (Å²) in [5.41, 5.74) is -0.387. The van der Waals surface area contributed by atoms with Crippen molar-refractivity contribution in [3.63, 3.8) is 0 Å². The first-order valence-electron chi connectivity index (χ1n) is 9.59. The molecule has 0 aliphatic heterocycles. The van der Waals surface area contributed by atoms with Crippen molar-refractivity contribution in [3.8, 4) is 0 Å². The minimum atomic E-state index is -2.50. The minimum absolute atomic E-state index is 0.122. The summed E-state index contributed by atoms with van der Waals surface area (Å²) in [6.45, 7) is 12.8. The molecule has 0 heterocycles. The number of nitrogens with one attached hydrogen (secondary N) is 1. The molecule has 1 amide bonds. The predicted molar refractivity (Wildman–Crippen MR) is 130 cm³/mol. The molecule has 0 aliphatic rings. The normalized spacial score (nSPS) is 15.0. The third-order valence-electron chi connectivity index (χ3n) is 5.28. The van der Waals surface area contributed by atoms with Crippen LogP contribution in [0.3, 0.4) is 0 Å². The third-order valence-corrected chi connectivity index (χ3v) is 14.3. The second-order valence-corrected chi connectivity index (χ2v) is 21.6. The van der Waals surface area contributed by atoms with E-state index in [0.717, 1.165) is 6.16 Å². The summed E-state index contributed by atoms with van der Waals surface area (Å²) < 4.78 is -2.50. The molecule has 0 saturated heterocycles. The molecule has 2 rings (SSSR count). The molecule has 1 N–H and O–H groups in total. The van der Waals surface area contributed by atoms with E-state index in [0.29, 0.717) is 5.92 Å². The number of carbonyl (C=O) groups is 1. The predicted octanol–water partition coefficient (Wildman–Crippen LogP) is 5.36. The Morgan fingerprint density at radius 2 is 1.37 bits per heavy atom. The Bertz CT molecular complexity index is 722. The fourth-order valence-corrected chi connectivity index (χ4v) is 10.5. The number of benzene rings is 2. The van der Waals surface area contributed by atoms with Crippen molar-refractivity contribution >= 4 is 42.8 Å². The Kier molecular flexibility index (Phi) is 6.80. The first-order valence-corrected chi connectivity index (χ1v) is 15.2. The molecule has 0 fully saturated rings. The van der Waals surface area contributed by atoms with Crippen LogP contribution in [0.15, 0.2) is 60.7 Å². The van der Waals surface area contributed by atoms with Gasteiger partial charge in [-0.15, -0.1) is 0 Å². The Balaban J connectivity index is 2.53. The van der Waals surface area contributed by atoms with E-state index in [1.54, 1.807) is 0 Å². The Labute approximate surface area is 177 Å². The monoisotopic (exact) mass is 497 g/mol. The molecule has 0 radical (unpaired) electrons. The van der Waals surface area contributed by atoms with Gasteiger partial charge in [-0.3, -0.25) is 0 Å². The Morgan fingerprint density at radius 1 is 0.963 bits per heavy atom. The van der Waals surface area contributed by atoms with Gasteiger partial charge in [-0.25, -0.2) is 0 Å². The zero-order valence-electron chi connectivity index (χ0n) is 17.4. The Hall–Kier alpha value is -0.930. The molecule has 1 atom stereocenters. The third kappa shape index (κ3) is 5.12. The molecule has 2 nitrogen and oxygen atoms in total. The van der Waals surface area contributed by atoms with Crippen molar-refractivity contribution in [1.82, 2.24) is 5.32 Å². The van der Waals surface area contributed by atoms with E-state index in [1.165, 1.54) is 10.6 Å². The van der Waals surface area contributed by atoms with Crippen LogP contribution in [-0.4, -0.2) is 24.8 Å². The SMILES string of the molecule is CC(C)[C@@H](CP(C)(I)(c1ccccc1)c1ccccc1)NC(=O)C(C)(C)C. The molecular formula is C23H33INOP. The number of hydrogen-bond acceptors (Lipinski definition) is 1. The molecule has 2 aromatic rings. The summed E-state index contributed by atoms with van der Waals surface area (Å²) in [6.07, 6.45) is 0.944. The summed E-state index contributed by atoms with van der Waals surface area (Å²) in [6, 6.07) is 21.8. The van der Waals surface area contributed by atoms with Gasteiger partial charge in [0.05, 0.1) is 0 Å². The molecule has 2 aromatic carbocycles. The van der Waals surface area contributed by atoms with Crippen LogP contribution in [0, 0.1) is 11.3 Å². The zero-order valence-corrected chi connectivity index (χ0v) is 20.4. The second-order valence-electron chi connectivity index (χ2n) is 9.08. The number of halogens is 1. The van der Waals surface area contributed by atoms with Gasteiger partial charge in [-0.05, 0) is 0 Å². The van der Waals surface area contributed by atoms with Crippen LogP contribution < -0.4 is 15.9 Å². The zero-order chi connectivity index (χ0) is 20.3.